The summed E-state index contributed by atoms with van der Waals surface area (Å²) in [6.07, 6.45) is 8.30. The van der Waals surface area contributed by atoms with Crippen molar-refractivity contribution in [1.82, 2.24) is 19.4 Å². The maximum absolute atomic E-state index is 12.5. The van der Waals surface area contributed by atoms with Crippen LogP contribution in [-0.2, 0) is 11.3 Å². The molecule has 1 fully saturated rings. The Hall–Kier alpha value is -2.69. The normalized spacial score (nSPS) is 15.5. The largest absolute Gasteiger partial charge is 0.343 e. The fraction of sp³-hybridized carbons (Fsp3) is 0.381. The van der Waals surface area contributed by atoms with Crippen molar-refractivity contribution in [2.75, 3.05) is 13.1 Å². The van der Waals surface area contributed by atoms with E-state index < -0.39 is 0 Å². The van der Waals surface area contributed by atoms with Crippen molar-refractivity contribution in [1.29, 1.82) is 0 Å². The van der Waals surface area contributed by atoms with Crippen LogP contribution in [0, 0.1) is 5.92 Å². The lowest BCUT2D eigenvalue weighted by atomic mass is 9.99. The third-order valence-corrected chi connectivity index (χ3v) is 5.28. The van der Waals surface area contributed by atoms with Crippen molar-refractivity contribution >= 4 is 16.8 Å². The minimum absolute atomic E-state index is 0.247. The number of hydrogen-bond acceptors (Lipinski definition) is 3. The summed E-state index contributed by atoms with van der Waals surface area (Å²) in [7, 11) is 0. The number of carbonyl (C=O) groups excluding carboxylic acids is 1. The van der Waals surface area contributed by atoms with Crippen molar-refractivity contribution in [2.45, 2.75) is 32.7 Å². The van der Waals surface area contributed by atoms with Crippen LogP contribution in [0.5, 0.6) is 0 Å². The number of amides is 1. The van der Waals surface area contributed by atoms with Gasteiger partial charge in [-0.15, -0.1) is 0 Å². The van der Waals surface area contributed by atoms with E-state index in [9.17, 15) is 4.79 Å². The quantitative estimate of drug-likeness (QED) is 0.721. The first-order valence-corrected chi connectivity index (χ1v) is 9.35. The molecule has 26 heavy (non-hydrogen) atoms. The minimum atomic E-state index is 0.247. The molecule has 0 atom stereocenters. The van der Waals surface area contributed by atoms with E-state index in [-0.39, 0.29) is 5.91 Å². The van der Waals surface area contributed by atoms with Gasteiger partial charge in [0.25, 0.3) is 0 Å². The summed E-state index contributed by atoms with van der Waals surface area (Å²) in [5.74, 6) is 1.87. The number of aryl methyl sites for hydroxylation is 1. The third-order valence-electron chi connectivity index (χ3n) is 5.28. The van der Waals surface area contributed by atoms with Gasteiger partial charge >= 0.3 is 0 Å². The van der Waals surface area contributed by atoms with E-state index in [0.717, 1.165) is 54.1 Å². The van der Waals surface area contributed by atoms with Gasteiger partial charge in [-0.2, -0.15) is 0 Å². The second-order valence-corrected chi connectivity index (χ2v) is 7.17. The van der Waals surface area contributed by atoms with E-state index in [1.54, 1.807) is 12.4 Å². The smallest absolute Gasteiger partial charge is 0.224 e. The Bertz CT molecular complexity index is 909. The van der Waals surface area contributed by atoms with Gasteiger partial charge in [0.2, 0.25) is 5.91 Å². The average molecular weight is 348 g/mol. The van der Waals surface area contributed by atoms with Crippen LogP contribution in [0.1, 0.15) is 26.2 Å². The molecule has 3 aromatic rings. The molecule has 5 nitrogen and oxygen atoms in total. The molecule has 3 heterocycles. The Labute approximate surface area is 153 Å². The summed E-state index contributed by atoms with van der Waals surface area (Å²) in [5, 5.41) is 1.11. The number of rotatable bonds is 4. The van der Waals surface area contributed by atoms with Crippen molar-refractivity contribution < 1.29 is 4.79 Å². The molecule has 1 aromatic carbocycles. The molecule has 0 saturated carbocycles. The Balaban J connectivity index is 1.47. The number of fused-ring (bicyclic) bond motifs is 1. The third kappa shape index (κ3) is 3.47. The molecular weight excluding hydrogens is 324 g/mol. The molecule has 134 valence electrons. The van der Waals surface area contributed by atoms with Crippen molar-refractivity contribution in [2.24, 2.45) is 5.92 Å². The van der Waals surface area contributed by atoms with Gasteiger partial charge in [-0.1, -0.05) is 25.1 Å². The lowest BCUT2D eigenvalue weighted by molar-refractivity contribution is -0.132. The molecule has 4 rings (SSSR count). The first-order chi connectivity index (χ1) is 12.7. The van der Waals surface area contributed by atoms with E-state index in [1.807, 2.05) is 17.2 Å². The van der Waals surface area contributed by atoms with Crippen LogP contribution >= 0.6 is 0 Å². The summed E-state index contributed by atoms with van der Waals surface area (Å²) in [6.45, 7) is 4.71. The van der Waals surface area contributed by atoms with E-state index in [1.165, 1.54) is 0 Å². The standard InChI is InChI=1S/C21H24N4O/c1-16-6-11-24(12-7-16)20(26)8-13-25-14-10-23-21(25)18-5-4-17-3-2-9-22-19(17)15-18/h2-5,9-10,14-16H,6-8,11-13H2,1H3. The zero-order valence-corrected chi connectivity index (χ0v) is 15.1. The summed E-state index contributed by atoms with van der Waals surface area (Å²) in [5.41, 5.74) is 1.98. The second-order valence-electron chi connectivity index (χ2n) is 7.17. The van der Waals surface area contributed by atoms with Crippen LogP contribution in [0.3, 0.4) is 0 Å². The van der Waals surface area contributed by atoms with Gasteiger partial charge in [0, 0.05) is 55.6 Å². The number of hydrogen-bond donors (Lipinski definition) is 0. The summed E-state index contributed by atoms with van der Waals surface area (Å²) >= 11 is 0. The zero-order chi connectivity index (χ0) is 17.9. The Morgan fingerprint density at radius 2 is 2.00 bits per heavy atom. The van der Waals surface area contributed by atoms with Crippen LogP contribution in [0.4, 0.5) is 0 Å². The highest BCUT2D eigenvalue weighted by atomic mass is 16.2. The van der Waals surface area contributed by atoms with Crippen LogP contribution < -0.4 is 0 Å². The van der Waals surface area contributed by atoms with E-state index in [4.69, 9.17) is 0 Å². The highest BCUT2D eigenvalue weighted by Crippen LogP contribution is 2.23. The van der Waals surface area contributed by atoms with E-state index in [2.05, 4.69) is 45.7 Å². The monoisotopic (exact) mass is 348 g/mol. The average Bonchev–Trinajstić information content (AvgIpc) is 3.15. The van der Waals surface area contributed by atoms with Gasteiger partial charge < -0.3 is 9.47 Å². The van der Waals surface area contributed by atoms with Gasteiger partial charge in [-0.25, -0.2) is 4.98 Å². The summed E-state index contributed by atoms with van der Waals surface area (Å²) < 4.78 is 2.06. The summed E-state index contributed by atoms with van der Waals surface area (Å²) in [4.78, 5) is 23.4. The molecule has 0 N–H and O–H groups in total. The lowest BCUT2D eigenvalue weighted by Gasteiger charge is -2.30. The Morgan fingerprint density at radius 3 is 2.85 bits per heavy atom. The maximum Gasteiger partial charge on any atom is 0.224 e. The second kappa shape index (κ2) is 7.28. The molecule has 1 aliphatic rings. The van der Waals surface area contributed by atoms with Gasteiger partial charge in [0.05, 0.1) is 5.52 Å². The lowest BCUT2D eigenvalue weighted by Crippen LogP contribution is -2.38. The summed E-state index contributed by atoms with van der Waals surface area (Å²) in [6, 6.07) is 10.2. The molecule has 0 radical (unpaired) electrons. The highest BCUT2D eigenvalue weighted by molar-refractivity contribution is 5.83. The highest BCUT2D eigenvalue weighted by Gasteiger charge is 2.20. The van der Waals surface area contributed by atoms with Crippen molar-refractivity contribution in [3.05, 3.63) is 48.9 Å². The Kier molecular flexibility index (Phi) is 4.69. The first kappa shape index (κ1) is 16.8. The number of carbonyl (C=O) groups is 1. The Morgan fingerprint density at radius 1 is 1.15 bits per heavy atom. The van der Waals surface area contributed by atoms with Gasteiger partial charge in [0.1, 0.15) is 5.82 Å². The predicted molar refractivity (Wildman–Crippen MR) is 103 cm³/mol. The number of nitrogens with zero attached hydrogens (tertiary/aromatic N) is 4. The SMILES string of the molecule is CC1CCN(C(=O)CCn2ccnc2-c2ccc3cccnc3c2)CC1. The molecule has 0 spiro atoms. The minimum Gasteiger partial charge on any atom is -0.343 e. The van der Waals surface area contributed by atoms with Crippen molar-refractivity contribution in [3.8, 4) is 11.4 Å². The van der Waals surface area contributed by atoms with Crippen LogP contribution in [-0.4, -0.2) is 38.4 Å². The predicted octanol–water partition coefficient (Wildman–Crippen LogP) is 3.75. The van der Waals surface area contributed by atoms with E-state index in [0.29, 0.717) is 13.0 Å². The molecule has 0 bridgehead atoms. The molecule has 1 saturated heterocycles. The molecule has 0 aliphatic carbocycles. The number of pyridine rings is 1. The van der Waals surface area contributed by atoms with Gasteiger partial charge in [0.15, 0.2) is 0 Å². The molecule has 0 unspecified atom stereocenters. The van der Waals surface area contributed by atoms with Crippen molar-refractivity contribution in [3.63, 3.8) is 0 Å². The molecule has 5 heteroatoms. The van der Waals surface area contributed by atoms with Gasteiger partial charge in [-0.05, 0) is 30.9 Å². The van der Waals surface area contributed by atoms with Crippen LogP contribution in [0.15, 0.2) is 48.9 Å². The molecule has 1 amide bonds. The number of piperidine rings is 1. The topological polar surface area (TPSA) is 51.0 Å². The van der Waals surface area contributed by atoms with Crippen LogP contribution in [0.2, 0.25) is 0 Å². The van der Waals surface area contributed by atoms with Crippen LogP contribution in [0.25, 0.3) is 22.3 Å². The number of likely N-dealkylation sites (tertiary alicyclic amines) is 1. The van der Waals surface area contributed by atoms with E-state index >= 15 is 0 Å². The molecular formula is C21H24N4O. The molecule has 1 aliphatic heterocycles. The number of aromatic nitrogens is 3. The fourth-order valence-electron chi connectivity index (χ4n) is 3.59. The maximum atomic E-state index is 12.5. The molecule has 2 aromatic heterocycles. The number of imidazole rings is 1. The first-order valence-electron chi connectivity index (χ1n) is 9.35. The zero-order valence-electron chi connectivity index (χ0n) is 15.1. The number of benzene rings is 1. The van der Waals surface area contributed by atoms with Gasteiger partial charge in [-0.3, -0.25) is 9.78 Å². The fourth-order valence-corrected chi connectivity index (χ4v) is 3.59.